The largest absolute Gasteiger partial charge is 0.260 e. The highest BCUT2D eigenvalue weighted by Crippen LogP contribution is 2.22. The Hall–Kier alpha value is -0.570. The lowest BCUT2D eigenvalue weighted by Crippen LogP contribution is -2.24. The summed E-state index contributed by atoms with van der Waals surface area (Å²) in [4.78, 5) is 0. The molecule has 1 heterocycles. The van der Waals surface area contributed by atoms with Crippen LogP contribution in [0.2, 0.25) is 5.15 Å². The molecule has 0 atom stereocenters. The van der Waals surface area contributed by atoms with Crippen LogP contribution in [0.5, 0.6) is 0 Å². The van der Waals surface area contributed by atoms with E-state index in [2.05, 4.69) is 5.10 Å². The molecule has 0 aromatic carbocycles. The first-order chi connectivity index (χ1) is 5.34. The van der Waals surface area contributed by atoms with Gasteiger partial charge in [0, 0.05) is 0 Å². The quantitative estimate of drug-likeness (QED) is 0.615. The second-order valence-electron chi connectivity index (χ2n) is 3.77. The van der Waals surface area contributed by atoms with Crippen molar-refractivity contribution in [2.45, 2.75) is 33.2 Å². The van der Waals surface area contributed by atoms with E-state index in [0.29, 0.717) is 5.69 Å². The molecule has 0 N–H and O–H groups in total. The van der Waals surface area contributed by atoms with E-state index in [1.807, 2.05) is 20.8 Å². The fraction of sp³-hybridized carbons (Fsp3) is 0.625. The lowest BCUT2D eigenvalue weighted by molar-refractivity contribution is 0.345. The van der Waals surface area contributed by atoms with Gasteiger partial charge in [0.1, 0.15) is 0 Å². The van der Waals surface area contributed by atoms with E-state index >= 15 is 0 Å². The standard InChI is InChI=1S/C8H12ClFN2/c1-5-6(10)7(9)11-12(5)8(2,3)4/h1-4H3. The van der Waals surface area contributed by atoms with Crippen molar-refractivity contribution in [3.8, 4) is 0 Å². The van der Waals surface area contributed by atoms with Gasteiger partial charge in [-0.1, -0.05) is 11.6 Å². The molecular weight excluding hydrogens is 179 g/mol. The van der Waals surface area contributed by atoms with Crippen LogP contribution in [-0.2, 0) is 5.54 Å². The van der Waals surface area contributed by atoms with Gasteiger partial charge in [-0.2, -0.15) is 5.10 Å². The zero-order valence-electron chi connectivity index (χ0n) is 7.65. The molecule has 68 valence electrons. The van der Waals surface area contributed by atoms with Crippen molar-refractivity contribution in [2.24, 2.45) is 0 Å². The fourth-order valence-electron chi connectivity index (χ4n) is 1.10. The maximum Gasteiger partial charge on any atom is 0.187 e. The SMILES string of the molecule is Cc1c(F)c(Cl)nn1C(C)(C)C. The molecular formula is C8H12ClFN2. The van der Waals surface area contributed by atoms with Gasteiger partial charge in [0.05, 0.1) is 11.2 Å². The van der Waals surface area contributed by atoms with Gasteiger partial charge in [0.15, 0.2) is 11.0 Å². The molecule has 0 aliphatic rings. The summed E-state index contributed by atoms with van der Waals surface area (Å²) in [6, 6.07) is 0. The third kappa shape index (κ3) is 1.46. The first-order valence-electron chi connectivity index (χ1n) is 3.75. The first kappa shape index (κ1) is 9.52. The van der Waals surface area contributed by atoms with Crippen LogP contribution in [0.4, 0.5) is 4.39 Å². The second kappa shape index (κ2) is 2.73. The molecule has 1 aromatic heterocycles. The van der Waals surface area contributed by atoms with Gasteiger partial charge in [-0.05, 0) is 27.7 Å². The van der Waals surface area contributed by atoms with E-state index in [0.717, 1.165) is 0 Å². The number of rotatable bonds is 0. The monoisotopic (exact) mass is 190 g/mol. The molecule has 0 saturated heterocycles. The summed E-state index contributed by atoms with van der Waals surface area (Å²) >= 11 is 5.53. The van der Waals surface area contributed by atoms with Gasteiger partial charge in [-0.15, -0.1) is 0 Å². The lowest BCUT2D eigenvalue weighted by Gasteiger charge is -2.20. The van der Waals surface area contributed by atoms with E-state index in [1.165, 1.54) is 0 Å². The predicted molar refractivity (Wildman–Crippen MR) is 46.9 cm³/mol. The summed E-state index contributed by atoms with van der Waals surface area (Å²) in [7, 11) is 0. The van der Waals surface area contributed by atoms with Crippen LogP contribution < -0.4 is 0 Å². The Labute approximate surface area is 76.3 Å². The molecule has 0 fully saturated rings. The van der Waals surface area contributed by atoms with E-state index in [9.17, 15) is 4.39 Å². The predicted octanol–water partition coefficient (Wildman–Crippen LogP) is 2.74. The highest BCUT2D eigenvalue weighted by Gasteiger charge is 2.21. The minimum atomic E-state index is -0.424. The summed E-state index contributed by atoms with van der Waals surface area (Å²) in [6.07, 6.45) is 0. The van der Waals surface area contributed by atoms with Crippen LogP contribution in [-0.4, -0.2) is 9.78 Å². The Morgan fingerprint density at radius 2 is 1.92 bits per heavy atom. The third-order valence-corrected chi connectivity index (χ3v) is 1.88. The molecule has 0 aliphatic carbocycles. The zero-order chi connectivity index (χ0) is 9.52. The zero-order valence-corrected chi connectivity index (χ0v) is 8.41. The first-order valence-corrected chi connectivity index (χ1v) is 4.13. The van der Waals surface area contributed by atoms with Crippen molar-refractivity contribution in [3.05, 3.63) is 16.7 Å². The minimum absolute atomic E-state index is 0.0533. The Bertz CT molecular complexity index is 299. The molecule has 4 heteroatoms. The molecule has 12 heavy (non-hydrogen) atoms. The van der Waals surface area contributed by atoms with E-state index < -0.39 is 5.82 Å². The van der Waals surface area contributed by atoms with Crippen molar-refractivity contribution >= 4 is 11.6 Å². The summed E-state index contributed by atoms with van der Waals surface area (Å²) in [5, 5.41) is 3.83. The molecule has 1 aromatic rings. The van der Waals surface area contributed by atoms with Gasteiger partial charge in [-0.3, -0.25) is 4.68 Å². The van der Waals surface area contributed by atoms with Gasteiger partial charge in [0.25, 0.3) is 0 Å². The van der Waals surface area contributed by atoms with Gasteiger partial charge in [-0.25, -0.2) is 4.39 Å². The number of nitrogens with zero attached hydrogens (tertiary/aromatic N) is 2. The van der Waals surface area contributed by atoms with E-state index in [-0.39, 0.29) is 10.7 Å². The lowest BCUT2D eigenvalue weighted by atomic mass is 10.1. The van der Waals surface area contributed by atoms with E-state index in [4.69, 9.17) is 11.6 Å². The summed E-state index contributed by atoms with van der Waals surface area (Å²) in [5.41, 5.74) is 0.255. The molecule has 0 saturated carbocycles. The minimum Gasteiger partial charge on any atom is -0.260 e. The highest BCUT2D eigenvalue weighted by molar-refractivity contribution is 6.29. The van der Waals surface area contributed by atoms with Crippen molar-refractivity contribution in [1.82, 2.24) is 9.78 Å². The van der Waals surface area contributed by atoms with Gasteiger partial charge in [0.2, 0.25) is 0 Å². The molecule has 0 bridgehead atoms. The summed E-state index contributed by atoms with van der Waals surface area (Å²) in [6.45, 7) is 7.51. The van der Waals surface area contributed by atoms with Gasteiger partial charge >= 0.3 is 0 Å². The molecule has 0 spiro atoms. The van der Waals surface area contributed by atoms with Crippen molar-refractivity contribution in [1.29, 1.82) is 0 Å². The fourth-order valence-corrected chi connectivity index (χ4v) is 1.31. The molecule has 2 nitrogen and oxygen atoms in total. The van der Waals surface area contributed by atoms with Crippen LogP contribution in [0.25, 0.3) is 0 Å². The molecule has 1 rings (SSSR count). The summed E-state index contributed by atoms with van der Waals surface area (Å²) in [5.74, 6) is -0.424. The van der Waals surface area contributed by atoms with Crippen LogP contribution in [0, 0.1) is 12.7 Å². The molecule has 0 aliphatic heterocycles. The van der Waals surface area contributed by atoms with Crippen LogP contribution in [0.3, 0.4) is 0 Å². The Morgan fingerprint density at radius 1 is 1.42 bits per heavy atom. The maximum absolute atomic E-state index is 13.1. The van der Waals surface area contributed by atoms with Crippen molar-refractivity contribution in [2.75, 3.05) is 0 Å². The molecule has 0 radical (unpaired) electrons. The Kier molecular flexibility index (Phi) is 2.17. The van der Waals surface area contributed by atoms with Crippen LogP contribution in [0.1, 0.15) is 26.5 Å². The van der Waals surface area contributed by atoms with Crippen molar-refractivity contribution in [3.63, 3.8) is 0 Å². The average Bonchev–Trinajstić information content (AvgIpc) is 2.15. The Balaban J connectivity index is 3.28. The second-order valence-corrected chi connectivity index (χ2v) is 4.13. The molecule has 0 unspecified atom stereocenters. The van der Waals surface area contributed by atoms with E-state index in [1.54, 1.807) is 11.6 Å². The number of hydrogen-bond donors (Lipinski definition) is 0. The number of hydrogen-bond acceptors (Lipinski definition) is 1. The maximum atomic E-state index is 13.1. The molecule has 0 amide bonds. The van der Waals surface area contributed by atoms with Crippen molar-refractivity contribution < 1.29 is 4.39 Å². The topological polar surface area (TPSA) is 17.8 Å². The number of aromatic nitrogens is 2. The van der Waals surface area contributed by atoms with Crippen LogP contribution in [0.15, 0.2) is 0 Å². The normalized spacial score (nSPS) is 12.2. The van der Waals surface area contributed by atoms with Crippen LogP contribution >= 0.6 is 11.6 Å². The highest BCUT2D eigenvalue weighted by atomic mass is 35.5. The van der Waals surface area contributed by atoms with Gasteiger partial charge < -0.3 is 0 Å². The third-order valence-electron chi connectivity index (χ3n) is 1.64. The Morgan fingerprint density at radius 3 is 2.08 bits per heavy atom. The average molecular weight is 191 g/mol. The smallest absolute Gasteiger partial charge is 0.187 e. The summed E-state index contributed by atoms with van der Waals surface area (Å²) < 4.78 is 14.7. The number of halogens is 2.